The van der Waals surface area contributed by atoms with Crippen LogP contribution in [-0.4, -0.2) is 73.4 Å². The summed E-state index contributed by atoms with van der Waals surface area (Å²) in [6, 6.07) is -0.862. The summed E-state index contributed by atoms with van der Waals surface area (Å²) in [4.78, 5) is 23.1. The van der Waals surface area contributed by atoms with E-state index >= 15 is 0 Å². The maximum Gasteiger partial charge on any atom is 0.472 e. The van der Waals surface area contributed by atoms with E-state index in [0.29, 0.717) is 17.4 Å². The van der Waals surface area contributed by atoms with E-state index in [4.69, 9.17) is 9.05 Å². The van der Waals surface area contributed by atoms with Gasteiger partial charge in [-0.3, -0.25) is 13.8 Å². The molecule has 0 aromatic rings. The molecule has 0 rings (SSSR count). The number of nitrogens with zero attached hydrogens (tertiary/aromatic N) is 1. The minimum absolute atomic E-state index is 0.0547. The highest BCUT2D eigenvalue weighted by molar-refractivity contribution is 7.47. The van der Waals surface area contributed by atoms with Crippen molar-refractivity contribution in [2.45, 2.75) is 231 Å². The number of carbonyl (C=O) groups is 1. The second kappa shape index (κ2) is 44.4. The van der Waals surface area contributed by atoms with Gasteiger partial charge in [0.15, 0.2) is 0 Å². The van der Waals surface area contributed by atoms with Crippen LogP contribution in [0.3, 0.4) is 0 Å². The zero-order valence-corrected chi connectivity index (χ0v) is 42.0. The zero-order chi connectivity index (χ0) is 45.7. The van der Waals surface area contributed by atoms with E-state index in [-0.39, 0.29) is 19.1 Å². The Hall–Kier alpha value is -1.80. The monoisotopic (exact) mass is 892 g/mol. The molecule has 3 N–H and O–H groups in total. The number of hydrogen-bond donors (Lipinski definition) is 3. The van der Waals surface area contributed by atoms with E-state index in [1.807, 2.05) is 27.2 Å². The van der Waals surface area contributed by atoms with Crippen molar-refractivity contribution in [2.75, 3.05) is 40.9 Å². The molecular weight excluding hydrogens is 792 g/mol. The van der Waals surface area contributed by atoms with Crippen LogP contribution in [-0.2, 0) is 18.4 Å². The van der Waals surface area contributed by atoms with Gasteiger partial charge in [0, 0.05) is 6.42 Å². The quantitative estimate of drug-likeness (QED) is 0.0243. The molecule has 0 aliphatic carbocycles. The second-order valence-electron chi connectivity index (χ2n) is 18.5. The van der Waals surface area contributed by atoms with E-state index in [1.165, 1.54) is 148 Å². The highest BCUT2D eigenvalue weighted by Gasteiger charge is 2.27. The summed E-state index contributed by atoms with van der Waals surface area (Å²) in [5.41, 5.74) is 0. The molecule has 0 aliphatic rings. The Balaban J connectivity index is 4.02. The molecule has 0 aliphatic heterocycles. The number of phosphoric acid groups is 1. The molecule has 362 valence electrons. The lowest BCUT2D eigenvalue weighted by atomic mass is 10.0. The summed E-state index contributed by atoms with van der Waals surface area (Å²) in [6.07, 6.45) is 59.1. The maximum atomic E-state index is 12.9. The largest absolute Gasteiger partial charge is 0.472 e. The van der Waals surface area contributed by atoms with Gasteiger partial charge >= 0.3 is 7.82 Å². The lowest BCUT2D eigenvalue weighted by Gasteiger charge is -2.25. The van der Waals surface area contributed by atoms with Gasteiger partial charge in [0.05, 0.1) is 39.9 Å². The van der Waals surface area contributed by atoms with Gasteiger partial charge in [0.2, 0.25) is 5.91 Å². The Morgan fingerprint density at radius 3 is 1.44 bits per heavy atom. The molecule has 0 aromatic carbocycles. The standard InChI is InChI=1S/C53H99N2O6P/c1-6-8-10-12-14-16-17-18-19-20-21-22-23-24-25-26-27-28-29-30-31-32-33-34-35-36-37-39-41-43-45-47-53(57)54-51(50-61-62(58,59)60-49-48-55(3,4)5)52(56)46-44-42-40-38-15-13-11-9-7-2/h15,17-18,20-21,23-24,38,44,46,51-52,56H,6-14,16,19,22,25-37,39-43,45,47-50H2,1-5H3,(H-,54,57,58,59)/p+1/b18-17-,21-20-,24-23-,38-15+,46-44+. The first-order chi connectivity index (χ1) is 30.0. The molecule has 1 amide bonds. The molecule has 0 radical (unpaired) electrons. The van der Waals surface area contributed by atoms with Crippen molar-refractivity contribution in [1.29, 1.82) is 0 Å². The highest BCUT2D eigenvalue weighted by Crippen LogP contribution is 2.43. The van der Waals surface area contributed by atoms with E-state index in [1.54, 1.807) is 6.08 Å². The summed E-state index contributed by atoms with van der Waals surface area (Å²) in [5, 5.41) is 13.8. The van der Waals surface area contributed by atoms with Gasteiger partial charge in [0.25, 0.3) is 0 Å². The van der Waals surface area contributed by atoms with Crippen molar-refractivity contribution >= 4 is 13.7 Å². The summed E-state index contributed by atoms with van der Waals surface area (Å²) < 4.78 is 23.5. The van der Waals surface area contributed by atoms with Gasteiger partial charge in [0.1, 0.15) is 13.2 Å². The number of unbranched alkanes of at least 4 members (excludes halogenated alkanes) is 25. The number of amides is 1. The smallest absolute Gasteiger partial charge is 0.387 e. The topological polar surface area (TPSA) is 105 Å². The molecule has 0 aromatic heterocycles. The molecule has 0 fully saturated rings. The second-order valence-corrected chi connectivity index (χ2v) is 20.0. The maximum absolute atomic E-state index is 12.9. The number of hydrogen-bond acceptors (Lipinski definition) is 5. The lowest BCUT2D eigenvalue weighted by molar-refractivity contribution is -0.870. The van der Waals surface area contributed by atoms with Crippen LogP contribution in [0.15, 0.2) is 60.8 Å². The Bertz CT molecular complexity index is 1190. The minimum atomic E-state index is -4.34. The molecule has 0 bridgehead atoms. The van der Waals surface area contributed by atoms with Gasteiger partial charge in [-0.05, 0) is 70.6 Å². The molecule has 8 nitrogen and oxygen atoms in total. The average Bonchev–Trinajstić information content (AvgIpc) is 3.23. The molecular formula is C53H100N2O6P+. The summed E-state index contributed by atoms with van der Waals surface area (Å²) in [7, 11) is 1.55. The minimum Gasteiger partial charge on any atom is -0.387 e. The summed E-state index contributed by atoms with van der Waals surface area (Å²) >= 11 is 0. The first kappa shape index (κ1) is 60.2. The first-order valence-electron chi connectivity index (χ1n) is 25.7. The van der Waals surface area contributed by atoms with Crippen LogP contribution in [0.25, 0.3) is 0 Å². The van der Waals surface area contributed by atoms with Crippen molar-refractivity contribution in [3.63, 3.8) is 0 Å². The van der Waals surface area contributed by atoms with E-state index in [0.717, 1.165) is 51.4 Å². The van der Waals surface area contributed by atoms with Crippen molar-refractivity contribution < 1.29 is 32.9 Å². The van der Waals surface area contributed by atoms with E-state index in [9.17, 15) is 19.4 Å². The normalized spacial score (nSPS) is 14.6. The number of likely N-dealkylation sites (N-methyl/N-ethyl adjacent to an activating group) is 1. The number of quaternary nitrogens is 1. The van der Waals surface area contributed by atoms with Gasteiger partial charge in [-0.2, -0.15) is 0 Å². The predicted octanol–water partition coefficient (Wildman–Crippen LogP) is 15.0. The zero-order valence-electron chi connectivity index (χ0n) is 41.1. The molecule has 0 saturated carbocycles. The third-order valence-corrected chi connectivity index (χ3v) is 12.2. The molecule has 0 saturated heterocycles. The Morgan fingerprint density at radius 1 is 0.548 bits per heavy atom. The van der Waals surface area contributed by atoms with Gasteiger partial charge < -0.3 is 19.8 Å². The lowest BCUT2D eigenvalue weighted by Crippen LogP contribution is -2.45. The van der Waals surface area contributed by atoms with Crippen LogP contribution in [0.5, 0.6) is 0 Å². The molecule has 3 atom stereocenters. The number of aliphatic hydroxyl groups excluding tert-OH is 1. The summed E-state index contributed by atoms with van der Waals surface area (Å²) in [5.74, 6) is -0.191. The molecule has 0 spiro atoms. The van der Waals surface area contributed by atoms with Gasteiger partial charge in [-0.25, -0.2) is 4.57 Å². The fraction of sp³-hybridized carbons (Fsp3) is 0.792. The number of allylic oxidation sites excluding steroid dienone is 9. The van der Waals surface area contributed by atoms with Crippen LogP contribution < -0.4 is 5.32 Å². The number of rotatable bonds is 46. The Labute approximate surface area is 383 Å². The van der Waals surface area contributed by atoms with E-state index < -0.39 is 20.0 Å². The average molecular weight is 892 g/mol. The molecule has 3 unspecified atom stereocenters. The van der Waals surface area contributed by atoms with Crippen molar-refractivity contribution in [1.82, 2.24) is 5.32 Å². The van der Waals surface area contributed by atoms with Crippen LogP contribution in [0.4, 0.5) is 0 Å². The van der Waals surface area contributed by atoms with Crippen molar-refractivity contribution in [3.8, 4) is 0 Å². The van der Waals surface area contributed by atoms with Crippen molar-refractivity contribution in [2.24, 2.45) is 0 Å². The number of nitrogens with one attached hydrogen (secondary N) is 1. The molecule has 9 heteroatoms. The number of phosphoric ester groups is 1. The highest BCUT2D eigenvalue weighted by atomic mass is 31.2. The van der Waals surface area contributed by atoms with Crippen LogP contribution in [0, 0.1) is 0 Å². The Kier molecular flexibility index (Phi) is 43.1. The van der Waals surface area contributed by atoms with Crippen LogP contribution >= 0.6 is 7.82 Å². The third-order valence-electron chi connectivity index (χ3n) is 11.2. The van der Waals surface area contributed by atoms with Crippen LogP contribution in [0.1, 0.15) is 219 Å². The number of carbonyl (C=O) groups excluding carboxylic acids is 1. The molecule has 0 heterocycles. The fourth-order valence-corrected chi connectivity index (χ4v) is 7.86. The molecule has 62 heavy (non-hydrogen) atoms. The van der Waals surface area contributed by atoms with E-state index in [2.05, 4.69) is 67.8 Å². The van der Waals surface area contributed by atoms with Gasteiger partial charge in [-0.15, -0.1) is 0 Å². The first-order valence-corrected chi connectivity index (χ1v) is 27.2. The predicted molar refractivity (Wildman–Crippen MR) is 267 cm³/mol. The Morgan fingerprint density at radius 2 is 0.935 bits per heavy atom. The van der Waals surface area contributed by atoms with Crippen LogP contribution in [0.2, 0.25) is 0 Å². The third kappa shape index (κ3) is 46.2. The SMILES string of the molecule is CCCCC/C=C/CC/C=C/C(O)C(COP(=O)(O)OCC[N+](C)(C)C)NC(=O)CCCCCCCCCCCCCCCCCC/C=C\C/C=C\C/C=C\CCCCCCC. The van der Waals surface area contributed by atoms with Gasteiger partial charge in [-0.1, -0.05) is 203 Å². The summed E-state index contributed by atoms with van der Waals surface area (Å²) in [6.45, 7) is 4.72. The van der Waals surface area contributed by atoms with Crippen molar-refractivity contribution in [3.05, 3.63) is 60.8 Å². The fourth-order valence-electron chi connectivity index (χ4n) is 7.12. The number of aliphatic hydroxyl groups is 1.